The fourth-order valence-corrected chi connectivity index (χ4v) is 0.908. The summed E-state index contributed by atoms with van der Waals surface area (Å²) < 4.78 is 12.6. The fraction of sp³-hybridized carbons (Fsp3) is 0.143. The van der Waals surface area contributed by atoms with Crippen LogP contribution in [-0.2, 0) is 0 Å². The molecule has 64 valence electrons. The van der Waals surface area contributed by atoms with Crippen molar-refractivity contribution in [2.45, 2.75) is 0 Å². The summed E-state index contributed by atoms with van der Waals surface area (Å²) in [5.41, 5.74) is 0.455. The summed E-state index contributed by atoms with van der Waals surface area (Å²) in [6.07, 6.45) is 0. The Kier molecular flexibility index (Phi) is 2.60. The second-order valence-electron chi connectivity index (χ2n) is 2.20. The highest BCUT2D eigenvalue weighted by atomic mass is 35.5. The molecular weight excluding hydrogens is 183 g/mol. The highest BCUT2D eigenvalue weighted by Crippen LogP contribution is 2.21. The van der Waals surface area contributed by atoms with Crippen LogP contribution in [-0.4, -0.2) is 7.05 Å². The van der Waals surface area contributed by atoms with Gasteiger partial charge in [0.15, 0.2) is 0 Å². The molecule has 0 N–H and O–H groups in total. The summed E-state index contributed by atoms with van der Waals surface area (Å²) in [6, 6.07) is 3.93. The smallest absolute Gasteiger partial charge is 0.141 e. The van der Waals surface area contributed by atoms with Crippen LogP contribution in [0.15, 0.2) is 23.5 Å². The van der Waals surface area contributed by atoms with E-state index in [1.807, 2.05) is 0 Å². The minimum Gasteiger partial charge on any atom is -0.232 e. The molecule has 0 aliphatic rings. The van der Waals surface area contributed by atoms with Gasteiger partial charge in [-0.05, 0) is 18.2 Å². The molecule has 1 aromatic carbocycles. The van der Waals surface area contributed by atoms with Crippen molar-refractivity contribution in [3.05, 3.63) is 33.9 Å². The molecule has 0 aliphatic heterocycles. The Hall–Kier alpha value is -1.16. The number of hydrogen-bond acceptors (Lipinski definition) is 2. The van der Waals surface area contributed by atoms with E-state index in [9.17, 15) is 9.30 Å². The lowest BCUT2D eigenvalue weighted by Gasteiger charge is -2.08. The third-order valence-corrected chi connectivity index (χ3v) is 1.69. The van der Waals surface area contributed by atoms with Gasteiger partial charge in [-0.15, -0.1) is 4.91 Å². The first-order valence-corrected chi connectivity index (χ1v) is 3.55. The van der Waals surface area contributed by atoms with Gasteiger partial charge in [-0.1, -0.05) is 11.6 Å². The van der Waals surface area contributed by atoms with E-state index >= 15 is 0 Å². The minimum absolute atomic E-state index is 0.0250. The first-order chi connectivity index (χ1) is 5.65. The van der Waals surface area contributed by atoms with Gasteiger partial charge in [0.1, 0.15) is 5.82 Å². The first kappa shape index (κ1) is 8.93. The van der Waals surface area contributed by atoms with Crippen molar-refractivity contribution in [3.8, 4) is 0 Å². The molecule has 0 spiro atoms. The Balaban J connectivity index is 3.04. The summed E-state index contributed by atoms with van der Waals surface area (Å²) in [5, 5.41) is 3.67. The molecule has 0 atom stereocenters. The van der Waals surface area contributed by atoms with Gasteiger partial charge in [0.25, 0.3) is 0 Å². The topological polar surface area (TPSA) is 32.7 Å². The van der Waals surface area contributed by atoms with Crippen molar-refractivity contribution in [3.63, 3.8) is 0 Å². The van der Waals surface area contributed by atoms with E-state index in [0.717, 1.165) is 5.01 Å². The molecule has 0 saturated heterocycles. The molecule has 0 radical (unpaired) electrons. The Morgan fingerprint density at radius 1 is 1.58 bits per heavy atom. The highest BCUT2D eigenvalue weighted by Gasteiger charge is 2.03. The molecule has 0 amide bonds. The van der Waals surface area contributed by atoms with Gasteiger partial charge in [-0.25, -0.2) is 9.40 Å². The summed E-state index contributed by atoms with van der Waals surface area (Å²) in [5.74, 6) is -0.514. The molecular formula is C7H6ClFN2O. The molecule has 0 saturated carbocycles. The number of hydrogen-bond donors (Lipinski definition) is 0. The summed E-state index contributed by atoms with van der Waals surface area (Å²) in [7, 11) is 1.45. The van der Waals surface area contributed by atoms with Crippen molar-refractivity contribution in [1.82, 2.24) is 0 Å². The van der Waals surface area contributed by atoms with Crippen LogP contribution in [0.4, 0.5) is 10.1 Å². The average Bonchev–Trinajstić information content (AvgIpc) is 2.08. The van der Waals surface area contributed by atoms with Gasteiger partial charge < -0.3 is 0 Å². The van der Waals surface area contributed by atoms with Crippen molar-refractivity contribution in [2.75, 3.05) is 12.1 Å². The zero-order chi connectivity index (χ0) is 9.14. The molecule has 0 unspecified atom stereocenters. The molecule has 1 aromatic rings. The van der Waals surface area contributed by atoms with Gasteiger partial charge in [0.05, 0.1) is 16.0 Å². The third-order valence-electron chi connectivity index (χ3n) is 1.40. The van der Waals surface area contributed by atoms with E-state index in [1.54, 1.807) is 0 Å². The standard InChI is InChI=1S/C7H6ClFN2O/c1-11(10-12)5-2-3-7(9)6(8)4-5/h2-4H,1H3. The summed E-state index contributed by atoms with van der Waals surface area (Å²) in [6.45, 7) is 0. The molecule has 0 fully saturated rings. The number of nitroso groups, excluding NO2 is 1. The lowest BCUT2D eigenvalue weighted by atomic mass is 10.3. The first-order valence-electron chi connectivity index (χ1n) is 3.17. The Morgan fingerprint density at radius 3 is 2.75 bits per heavy atom. The van der Waals surface area contributed by atoms with Crippen LogP contribution < -0.4 is 5.01 Å². The van der Waals surface area contributed by atoms with E-state index in [0.29, 0.717) is 5.69 Å². The SMILES string of the molecule is CN(N=O)c1ccc(F)c(Cl)c1. The van der Waals surface area contributed by atoms with E-state index in [1.165, 1.54) is 25.2 Å². The van der Waals surface area contributed by atoms with Crippen molar-refractivity contribution >= 4 is 17.3 Å². The van der Waals surface area contributed by atoms with Crippen LogP contribution in [0.5, 0.6) is 0 Å². The Bertz CT molecular complexity index is 305. The summed E-state index contributed by atoms with van der Waals surface area (Å²) >= 11 is 5.47. The lowest BCUT2D eigenvalue weighted by Crippen LogP contribution is -2.06. The van der Waals surface area contributed by atoms with Gasteiger partial charge in [0.2, 0.25) is 0 Å². The number of nitrogens with zero attached hydrogens (tertiary/aromatic N) is 2. The highest BCUT2D eigenvalue weighted by molar-refractivity contribution is 6.31. The number of rotatable bonds is 2. The molecule has 1 rings (SSSR count). The van der Waals surface area contributed by atoms with Gasteiger partial charge in [-0.2, -0.15) is 0 Å². The lowest BCUT2D eigenvalue weighted by molar-refractivity contribution is 0.628. The number of benzene rings is 1. The number of halogens is 2. The third kappa shape index (κ3) is 1.71. The van der Waals surface area contributed by atoms with Crippen LogP contribution in [0.3, 0.4) is 0 Å². The van der Waals surface area contributed by atoms with Crippen molar-refractivity contribution in [2.24, 2.45) is 5.29 Å². The fourth-order valence-electron chi connectivity index (χ4n) is 0.733. The molecule has 0 heterocycles. The summed E-state index contributed by atoms with van der Waals surface area (Å²) in [4.78, 5) is 10.0. The second kappa shape index (κ2) is 3.49. The van der Waals surface area contributed by atoms with E-state index in [-0.39, 0.29) is 5.02 Å². The second-order valence-corrected chi connectivity index (χ2v) is 2.61. The molecule has 3 nitrogen and oxygen atoms in total. The average molecular weight is 189 g/mol. The molecule has 12 heavy (non-hydrogen) atoms. The van der Waals surface area contributed by atoms with E-state index in [2.05, 4.69) is 5.29 Å². The minimum atomic E-state index is -0.514. The zero-order valence-corrected chi connectivity index (χ0v) is 7.05. The quantitative estimate of drug-likeness (QED) is 0.528. The van der Waals surface area contributed by atoms with E-state index in [4.69, 9.17) is 11.6 Å². The predicted molar refractivity (Wildman–Crippen MR) is 45.6 cm³/mol. The number of anilines is 1. The van der Waals surface area contributed by atoms with Crippen LogP contribution in [0.1, 0.15) is 0 Å². The largest absolute Gasteiger partial charge is 0.232 e. The molecule has 0 bridgehead atoms. The Labute approximate surface area is 73.7 Å². The zero-order valence-electron chi connectivity index (χ0n) is 6.29. The van der Waals surface area contributed by atoms with Gasteiger partial charge in [0, 0.05) is 7.05 Å². The maximum absolute atomic E-state index is 12.6. The monoisotopic (exact) mass is 188 g/mol. The predicted octanol–water partition coefficient (Wildman–Crippen LogP) is 2.60. The van der Waals surface area contributed by atoms with Crippen LogP contribution >= 0.6 is 11.6 Å². The molecule has 0 aliphatic carbocycles. The van der Waals surface area contributed by atoms with Crippen molar-refractivity contribution in [1.29, 1.82) is 0 Å². The van der Waals surface area contributed by atoms with Gasteiger partial charge >= 0.3 is 0 Å². The van der Waals surface area contributed by atoms with Crippen molar-refractivity contribution < 1.29 is 4.39 Å². The molecule has 5 heteroatoms. The normalized spacial score (nSPS) is 9.58. The Morgan fingerprint density at radius 2 is 2.25 bits per heavy atom. The maximum atomic E-state index is 12.6. The van der Waals surface area contributed by atoms with E-state index < -0.39 is 5.82 Å². The molecule has 0 aromatic heterocycles. The van der Waals surface area contributed by atoms with Gasteiger partial charge in [-0.3, -0.25) is 0 Å². The maximum Gasteiger partial charge on any atom is 0.141 e. The van der Waals surface area contributed by atoms with Crippen LogP contribution in [0.25, 0.3) is 0 Å². The van der Waals surface area contributed by atoms with Crippen LogP contribution in [0.2, 0.25) is 5.02 Å². The van der Waals surface area contributed by atoms with Crippen LogP contribution in [0, 0.1) is 10.7 Å².